The van der Waals surface area contributed by atoms with Gasteiger partial charge < -0.3 is 10.8 Å². The molecule has 0 unspecified atom stereocenters. The minimum absolute atomic E-state index is 0.572. The van der Waals surface area contributed by atoms with Crippen molar-refractivity contribution in [2.75, 3.05) is 0 Å². The molecule has 1 aliphatic rings. The highest BCUT2D eigenvalue weighted by molar-refractivity contribution is 5.72. The molecule has 0 spiro atoms. The van der Waals surface area contributed by atoms with Crippen LogP contribution in [0.15, 0.2) is 24.3 Å². The Kier molecular flexibility index (Phi) is 3.25. The SMILES string of the molecule is N[C@H](CCC1Cc2ccccc2C1)C(=O)O. The van der Waals surface area contributed by atoms with E-state index in [1.807, 2.05) is 0 Å². The van der Waals surface area contributed by atoms with Gasteiger partial charge in [0.2, 0.25) is 0 Å². The van der Waals surface area contributed by atoms with E-state index in [2.05, 4.69) is 24.3 Å². The summed E-state index contributed by atoms with van der Waals surface area (Å²) >= 11 is 0. The molecule has 1 atom stereocenters. The average molecular weight is 219 g/mol. The monoisotopic (exact) mass is 219 g/mol. The molecule has 0 saturated carbocycles. The molecule has 2 rings (SSSR count). The highest BCUT2D eigenvalue weighted by Crippen LogP contribution is 2.29. The molecule has 1 aromatic rings. The number of benzene rings is 1. The Bertz CT molecular complexity index is 364. The lowest BCUT2D eigenvalue weighted by molar-refractivity contribution is -0.138. The van der Waals surface area contributed by atoms with Crippen molar-refractivity contribution in [3.8, 4) is 0 Å². The van der Waals surface area contributed by atoms with Crippen LogP contribution in [0.3, 0.4) is 0 Å². The second-order valence-corrected chi connectivity index (χ2v) is 4.57. The Morgan fingerprint density at radius 2 is 1.94 bits per heavy atom. The van der Waals surface area contributed by atoms with E-state index in [0.29, 0.717) is 12.3 Å². The van der Waals surface area contributed by atoms with Crippen molar-refractivity contribution in [3.63, 3.8) is 0 Å². The van der Waals surface area contributed by atoms with Crippen LogP contribution < -0.4 is 5.73 Å². The molecule has 0 bridgehead atoms. The first kappa shape index (κ1) is 11.1. The Morgan fingerprint density at radius 1 is 1.38 bits per heavy atom. The number of carboxylic acid groups (broad SMARTS) is 1. The van der Waals surface area contributed by atoms with Crippen molar-refractivity contribution in [2.24, 2.45) is 11.7 Å². The molecule has 86 valence electrons. The minimum atomic E-state index is -0.893. The Balaban J connectivity index is 1.86. The molecule has 0 aromatic heterocycles. The van der Waals surface area contributed by atoms with E-state index in [1.165, 1.54) is 11.1 Å². The summed E-state index contributed by atoms with van der Waals surface area (Å²) in [4.78, 5) is 10.6. The van der Waals surface area contributed by atoms with Crippen molar-refractivity contribution < 1.29 is 9.90 Å². The second kappa shape index (κ2) is 4.66. The van der Waals surface area contributed by atoms with Crippen LogP contribution in [0.5, 0.6) is 0 Å². The van der Waals surface area contributed by atoms with Crippen LogP contribution in [0, 0.1) is 5.92 Å². The third-order valence-corrected chi connectivity index (χ3v) is 3.34. The zero-order chi connectivity index (χ0) is 11.5. The van der Waals surface area contributed by atoms with Gasteiger partial charge in [0.1, 0.15) is 6.04 Å². The molecule has 0 radical (unpaired) electrons. The van der Waals surface area contributed by atoms with E-state index in [9.17, 15) is 4.79 Å². The molecule has 16 heavy (non-hydrogen) atoms. The first-order valence-electron chi connectivity index (χ1n) is 5.72. The zero-order valence-electron chi connectivity index (χ0n) is 9.23. The van der Waals surface area contributed by atoms with Gasteiger partial charge in [-0.1, -0.05) is 24.3 Å². The summed E-state index contributed by atoms with van der Waals surface area (Å²) in [5, 5.41) is 8.70. The highest BCUT2D eigenvalue weighted by atomic mass is 16.4. The van der Waals surface area contributed by atoms with Crippen molar-refractivity contribution in [1.29, 1.82) is 0 Å². The van der Waals surface area contributed by atoms with Crippen LogP contribution in [-0.2, 0) is 17.6 Å². The fourth-order valence-electron chi connectivity index (χ4n) is 2.39. The first-order valence-corrected chi connectivity index (χ1v) is 5.72. The van der Waals surface area contributed by atoms with Gasteiger partial charge in [-0.25, -0.2) is 0 Å². The van der Waals surface area contributed by atoms with Gasteiger partial charge in [-0.3, -0.25) is 4.79 Å². The predicted octanol–water partition coefficient (Wildman–Crippen LogP) is 1.59. The standard InChI is InChI=1S/C13H17NO2/c14-12(13(15)16)6-5-9-7-10-3-1-2-4-11(10)8-9/h1-4,9,12H,5-8,14H2,(H,15,16)/t12-/m1/s1. The van der Waals surface area contributed by atoms with Gasteiger partial charge in [0.25, 0.3) is 0 Å². The van der Waals surface area contributed by atoms with E-state index in [1.54, 1.807) is 0 Å². The Morgan fingerprint density at radius 3 is 2.44 bits per heavy atom. The van der Waals surface area contributed by atoms with Crippen LogP contribution in [0.25, 0.3) is 0 Å². The number of carbonyl (C=O) groups is 1. The first-order chi connectivity index (χ1) is 7.66. The van der Waals surface area contributed by atoms with Gasteiger partial charge in [-0.05, 0) is 42.7 Å². The third-order valence-electron chi connectivity index (χ3n) is 3.34. The number of hydrogen-bond acceptors (Lipinski definition) is 2. The normalized spacial score (nSPS) is 17.1. The molecular weight excluding hydrogens is 202 g/mol. The van der Waals surface area contributed by atoms with E-state index in [-0.39, 0.29) is 0 Å². The number of carboxylic acids is 1. The summed E-state index contributed by atoms with van der Waals surface area (Å²) in [5.74, 6) is -0.321. The maximum absolute atomic E-state index is 10.6. The van der Waals surface area contributed by atoms with Crippen LogP contribution in [0.2, 0.25) is 0 Å². The number of aliphatic carboxylic acids is 1. The summed E-state index contributed by atoms with van der Waals surface area (Å²) in [5.41, 5.74) is 8.33. The smallest absolute Gasteiger partial charge is 0.320 e. The molecule has 3 N–H and O–H groups in total. The average Bonchev–Trinajstić information content (AvgIpc) is 2.68. The predicted molar refractivity (Wildman–Crippen MR) is 62.2 cm³/mol. The van der Waals surface area contributed by atoms with Gasteiger partial charge in [0.15, 0.2) is 0 Å². The van der Waals surface area contributed by atoms with Gasteiger partial charge >= 0.3 is 5.97 Å². The maximum atomic E-state index is 10.6. The van der Waals surface area contributed by atoms with Crippen LogP contribution >= 0.6 is 0 Å². The lowest BCUT2D eigenvalue weighted by Gasteiger charge is -2.10. The zero-order valence-corrected chi connectivity index (χ0v) is 9.23. The van der Waals surface area contributed by atoms with E-state index >= 15 is 0 Å². The molecular formula is C13H17NO2. The molecule has 0 fully saturated rings. The second-order valence-electron chi connectivity index (χ2n) is 4.57. The van der Waals surface area contributed by atoms with E-state index in [0.717, 1.165) is 19.3 Å². The van der Waals surface area contributed by atoms with Gasteiger partial charge in [-0.15, -0.1) is 0 Å². The van der Waals surface area contributed by atoms with Crippen LogP contribution in [0.4, 0.5) is 0 Å². The third kappa shape index (κ3) is 2.42. The number of rotatable bonds is 4. The summed E-state index contributed by atoms with van der Waals surface area (Å²) in [6.07, 6.45) is 3.63. The fourth-order valence-corrected chi connectivity index (χ4v) is 2.39. The van der Waals surface area contributed by atoms with Crippen molar-refractivity contribution in [2.45, 2.75) is 31.7 Å². The number of fused-ring (bicyclic) bond motifs is 1. The molecule has 0 heterocycles. The molecule has 0 amide bonds. The Hall–Kier alpha value is -1.35. The lowest BCUT2D eigenvalue weighted by Crippen LogP contribution is -2.30. The molecule has 1 aromatic carbocycles. The fraction of sp³-hybridized carbons (Fsp3) is 0.462. The molecule has 3 heteroatoms. The maximum Gasteiger partial charge on any atom is 0.320 e. The lowest BCUT2D eigenvalue weighted by atomic mass is 9.97. The molecule has 3 nitrogen and oxygen atoms in total. The highest BCUT2D eigenvalue weighted by Gasteiger charge is 2.22. The topological polar surface area (TPSA) is 63.3 Å². The van der Waals surface area contributed by atoms with Crippen molar-refractivity contribution in [3.05, 3.63) is 35.4 Å². The summed E-state index contributed by atoms with van der Waals surface area (Å²) < 4.78 is 0. The van der Waals surface area contributed by atoms with Gasteiger partial charge in [-0.2, -0.15) is 0 Å². The Labute approximate surface area is 95.3 Å². The van der Waals surface area contributed by atoms with Gasteiger partial charge in [0, 0.05) is 0 Å². The van der Waals surface area contributed by atoms with Crippen molar-refractivity contribution >= 4 is 5.97 Å². The van der Waals surface area contributed by atoms with Crippen LogP contribution in [-0.4, -0.2) is 17.1 Å². The largest absolute Gasteiger partial charge is 0.480 e. The minimum Gasteiger partial charge on any atom is -0.480 e. The van der Waals surface area contributed by atoms with E-state index < -0.39 is 12.0 Å². The summed E-state index contributed by atoms with van der Waals surface area (Å²) in [6.45, 7) is 0. The quantitative estimate of drug-likeness (QED) is 0.808. The molecule has 0 aliphatic heterocycles. The van der Waals surface area contributed by atoms with Crippen molar-refractivity contribution in [1.82, 2.24) is 0 Å². The summed E-state index contributed by atoms with van der Waals surface area (Å²) in [7, 11) is 0. The van der Waals surface area contributed by atoms with Crippen LogP contribution in [0.1, 0.15) is 24.0 Å². The molecule has 1 aliphatic carbocycles. The number of nitrogens with two attached hydrogens (primary N) is 1. The van der Waals surface area contributed by atoms with Gasteiger partial charge in [0.05, 0.1) is 0 Å². The summed E-state index contributed by atoms with van der Waals surface area (Å²) in [6, 6.07) is 7.73. The number of hydrogen-bond donors (Lipinski definition) is 2. The molecule has 0 saturated heterocycles. The van der Waals surface area contributed by atoms with E-state index in [4.69, 9.17) is 10.8 Å².